The van der Waals surface area contributed by atoms with E-state index in [0.717, 1.165) is 29.0 Å². The van der Waals surface area contributed by atoms with E-state index in [4.69, 9.17) is 14.3 Å². The Balaban J connectivity index is 1.31. The summed E-state index contributed by atoms with van der Waals surface area (Å²) in [7, 11) is 0. The fourth-order valence-electron chi connectivity index (χ4n) is 3.94. The molecule has 188 valence electrons. The van der Waals surface area contributed by atoms with Gasteiger partial charge in [-0.1, -0.05) is 54.7 Å². The first kappa shape index (κ1) is 23.6. The minimum Gasteiger partial charge on any atom is -0.494 e. The highest BCUT2D eigenvalue weighted by molar-refractivity contribution is 7.15. The summed E-state index contributed by atoms with van der Waals surface area (Å²) in [5, 5.41) is 9.12. The van der Waals surface area contributed by atoms with Crippen molar-refractivity contribution in [2.45, 2.75) is 13.3 Å². The van der Waals surface area contributed by atoms with Gasteiger partial charge in [0.05, 0.1) is 23.1 Å². The van der Waals surface area contributed by atoms with E-state index in [1.807, 2.05) is 85.1 Å². The second kappa shape index (κ2) is 10.3. The lowest BCUT2D eigenvalue weighted by molar-refractivity contribution is 0.317. The van der Waals surface area contributed by atoms with E-state index in [0.29, 0.717) is 33.4 Å². The topological polar surface area (TPSA) is 87.5 Å². The fraction of sp³-hybridized carbons (Fsp3) is 0.103. The number of aromatic nitrogens is 5. The zero-order valence-electron chi connectivity index (χ0n) is 20.5. The molecule has 0 radical (unpaired) electrons. The van der Waals surface area contributed by atoms with Crippen molar-refractivity contribution in [3.63, 3.8) is 0 Å². The maximum Gasteiger partial charge on any atom is 0.291 e. The van der Waals surface area contributed by atoms with Gasteiger partial charge in [-0.25, -0.2) is 4.68 Å². The number of fused-ring (bicyclic) bond motifs is 1. The molecule has 0 bridgehead atoms. The zero-order chi connectivity index (χ0) is 25.9. The molecule has 0 saturated carbocycles. The SMILES string of the molecule is CCCOc1ccc(/C=C/c2nc3s/c(=C\c4cn(-c5ccccc5)nc4-c4ccco4)c(=O)n3n2)cc1. The van der Waals surface area contributed by atoms with Gasteiger partial charge < -0.3 is 9.15 Å². The molecule has 38 heavy (non-hydrogen) atoms. The van der Waals surface area contributed by atoms with Crippen molar-refractivity contribution < 1.29 is 9.15 Å². The smallest absolute Gasteiger partial charge is 0.291 e. The van der Waals surface area contributed by atoms with Gasteiger partial charge in [0.1, 0.15) is 11.4 Å². The van der Waals surface area contributed by atoms with Gasteiger partial charge in [-0.15, -0.1) is 5.10 Å². The fourth-order valence-corrected chi connectivity index (χ4v) is 4.84. The normalized spacial score (nSPS) is 12.2. The highest BCUT2D eigenvalue weighted by Crippen LogP contribution is 2.25. The molecular formula is C29H23N5O3S. The monoisotopic (exact) mass is 521 g/mol. The van der Waals surface area contributed by atoms with E-state index in [9.17, 15) is 4.79 Å². The number of para-hydroxylation sites is 1. The second-order valence-electron chi connectivity index (χ2n) is 8.52. The minimum atomic E-state index is -0.229. The molecule has 0 aliphatic heterocycles. The third kappa shape index (κ3) is 4.79. The molecule has 0 aliphatic rings. The van der Waals surface area contributed by atoms with Crippen molar-refractivity contribution in [1.29, 1.82) is 0 Å². The number of rotatable bonds is 8. The van der Waals surface area contributed by atoms with E-state index < -0.39 is 0 Å². The van der Waals surface area contributed by atoms with Crippen molar-refractivity contribution in [2.24, 2.45) is 0 Å². The van der Waals surface area contributed by atoms with Gasteiger partial charge in [0.2, 0.25) is 4.96 Å². The van der Waals surface area contributed by atoms with Crippen LogP contribution in [0.25, 0.3) is 40.3 Å². The molecule has 4 aromatic heterocycles. The predicted octanol–water partition coefficient (Wildman–Crippen LogP) is 5.10. The Morgan fingerprint density at radius 3 is 2.58 bits per heavy atom. The lowest BCUT2D eigenvalue weighted by Gasteiger charge is -2.03. The highest BCUT2D eigenvalue weighted by atomic mass is 32.1. The Labute approximate surface area is 221 Å². The van der Waals surface area contributed by atoms with Crippen molar-refractivity contribution >= 4 is 34.5 Å². The van der Waals surface area contributed by atoms with Crippen molar-refractivity contribution in [3.05, 3.63) is 111 Å². The molecule has 6 aromatic rings. The number of hydrogen-bond donors (Lipinski definition) is 0. The first-order valence-corrected chi connectivity index (χ1v) is 13.0. The number of benzene rings is 2. The first-order chi connectivity index (χ1) is 18.7. The Kier molecular flexibility index (Phi) is 6.41. The van der Waals surface area contributed by atoms with Gasteiger partial charge in [-0.2, -0.15) is 14.6 Å². The molecule has 0 N–H and O–H groups in total. The molecule has 4 heterocycles. The summed E-state index contributed by atoms with van der Waals surface area (Å²) >= 11 is 1.29. The van der Waals surface area contributed by atoms with E-state index >= 15 is 0 Å². The average molecular weight is 522 g/mol. The van der Waals surface area contributed by atoms with Crippen LogP contribution in [-0.4, -0.2) is 31.0 Å². The minimum absolute atomic E-state index is 0.229. The summed E-state index contributed by atoms with van der Waals surface area (Å²) in [6.07, 6.45) is 9.97. The number of nitrogens with zero attached hydrogens (tertiary/aromatic N) is 5. The maximum atomic E-state index is 13.2. The predicted molar refractivity (Wildman–Crippen MR) is 148 cm³/mol. The van der Waals surface area contributed by atoms with Crippen molar-refractivity contribution in [2.75, 3.05) is 6.61 Å². The zero-order valence-corrected chi connectivity index (χ0v) is 21.3. The summed E-state index contributed by atoms with van der Waals surface area (Å²) in [6.45, 7) is 2.77. The number of furan rings is 1. The lowest BCUT2D eigenvalue weighted by atomic mass is 10.2. The molecule has 9 heteroatoms. The van der Waals surface area contributed by atoms with Gasteiger partial charge in [0.15, 0.2) is 11.6 Å². The average Bonchev–Trinajstić information content (AvgIpc) is 3.74. The second-order valence-corrected chi connectivity index (χ2v) is 9.53. The van der Waals surface area contributed by atoms with Crippen LogP contribution in [0.15, 0.2) is 88.4 Å². The molecule has 8 nitrogen and oxygen atoms in total. The van der Waals surface area contributed by atoms with Gasteiger partial charge in [-0.05, 0) is 60.5 Å². The highest BCUT2D eigenvalue weighted by Gasteiger charge is 2.15. The van der Waals surface area contributed by atoms with Crippen LogP contribution in [0.5, 0.6) is 5.75 Å². The van der Waals surface area contributed by atoms with E-state index in [2.05, 4.69) is 17.0 Å². The van der Waals surface area contributed by atoms with Crippen LogP contribution >= 0.6 is 11.3 Å². The Morgan fingerprint density at radius 1 is 1.00 bits per heavy atom. The van der Waals surface area contributed by atoms with Crippen LogP contribution in [0.4, 0.5) is 0 Å². The molecule has 0 atom stereocenters. The van der Waals surface area contributed by atoms with Crippen LogP contribution in [0, 0.1) is 0 Å². The van der Waals surface area contributed by atoms with Gasteiger partial charge in [0.25, 0.3) is 5.56 Å². The molecule has 0 amide bonds. The first-order valence-electron chi connectivity index (χ1n) is 12.2. The van der Waals surface area contributed by atoms with Crippen LogP contribution in [0.3, 0.4) is 0 Å². The standard InChI is InChI=1S/C29H23N5O3S/c1-2-16-36-23-13-10-20(11-14-23)12-15-26-30-29-34(31-26)28(35)25(38-29)18-21-19-33(22-7-4-3-5-8-22)32-27(21)24-9-6-17-37-24/h3-15,17-19H,2,16H2,1H3/b15-12+,25-18-. The van der Waals surface area contributed by atoms with Gasteiger partial charge >= 0.3 is 0 Å². The number of hydrogen-bond acceptors (Lipinski definition) is 7. The summed E-state index contributed by atoms with van der Waals surface area (Å²) < 4.78 is 14.9. The summed E-state index contributed by atoms with van der Waals surface area (Å²) in [6, 6.07) is 21.3. The largest absolute Gasteiger partial charge is 0.494 e. The number of thiazole rings is 1. The molecule has 6 rings (SSSR count). The van der Waals surface area contributed by atoms with Crippen LogP contribution in [0.1, 0.15) is 30.3 Å². The molecule has 0 spiro atoms. The molecule has 0 saturated heterocycles. The molecule has 0 aliphatic carbocycles. The van der Waals surface area contributed by atoms with Crippen LogP contribution in [0.2, 0.25) is 0 Å². The van der Waals surface area contributed by atoms with Crippen LogP contribution < -0.4 is 14.8 Å². The Morgan fingerprint density at radius 2 is 1.84 bits per heavy atom. The molecule has 0 unspecified atom stereocenters. The lowest BCUT2D eigenvalue weighted by Crippen LogP contribution is -2.23. The third-order valence-electron chi connectivity index (χ3n) is 5.78. The maximum absolute atomic E-state index is 13.2. The Bertz CT molecular complexity index is 1810. The van der Waals surface area contributed by atoms with Gasteiger partial charge in [-0.3, -0.25) is 4.79 Å². The van der Waals surface area contributed by atoms with E-state index in [-0.39, 0.29) is 5.56 Å². The number of ether oxygens (including phenoxy) is 1. The Hall–Kier alpha value is -4.76. The third-order valence-corrected chi connectivity index (χ3v) is 6.74. The summed E-state index contributed by atoms with van der Waals surface area (Å²) in [5.74, 6) is 1.93. The van der Waals surface area contributed by atoms with Crippen LogP contribution in [-0.2, 0) is 0 Å². The molecule has 2 aromatic carbocycles. The molecular weight excluding hydrogens is 498 g/mol. The quantitative estimate of drug-likeness (QED) is 0.277. The van der Waals surface area contributed by atoms with Gasteiger partial charge in [0, 0.05) is 11.8 Å². The van der Waals surface area contributed by atoms with E-state index in [1.165, 1.54) is 15.9 Å². The van der Waals surface area contributed by atoms with Crippen molar-refractivity contribution in [1.82, 2.24) is 24.4 Å². The summed E-state index contributed by atoms with van der Waals surface area (Å²) in [4.78, 5) is 18.2. The van der Waals surface area contributed by atoms with Crippen molar-refractivity contribution in [3.8, 4) is 22.9 Å². The summed E-state index contributed by atoms with van der Waals surface area (Å²) in [5.41, 5.74) is 3.07. The molecule has 0 fully saturated rings. The van der Waals surface area contributed by atoms with E-state index in [1.54, 1.807) is 17.0 Å².